The Morgan fingerprint density at radius 1 is 1.42 bits per heavy atom. The van der Waals surface area contributed by atoms with Crippen molar-refractivity contribution in [1.82, 2.24) is 10.5 Å². The summed E-state index contributed by atoms with van der Waals surface area (Å²) < 4.78 is 4.88. The summed E-state index contributed by atoms with van der Waals surface area (Å²) in [5.74, 6) is -0.170. The number of aliphatic hydroxyl groups is 1. The summed E-state index contributed by atoms with van der Waals surface area (Å²) in [6, 6.07) is 9.33. The van der Waals surface area contributed by atoms with Gasteiger partial charge in [0.15, 0.2) is 0 Å². The highest BCUT2D eigenvalue weighted by Crippen LogP contribution is 2.07. The number of aromatic nitrogens is 1. The number of carbonyl (C=O) groups excluding carboxylic acids is 1. The Labute approximate surface area is 111 Å². The molecule has 1 atom stereocenters. The molecule has 0 saturated carbocycles. The number of hydrogen-bond acceptors (Lipinski definition) is 4. The lowest BCUT2D eigenvalue weighted by molar-refractivity contribution is 0.0878. The molecule has 0 aliphatic carbocycles. The predicted octanol–water partition coefficient (Wildman–Crippen LogP) is 1.32. The van der Waals surface area contributed by atoms with E-state index >= 15 is 0 Å². The van der Waals surface area contributed by atoms with Crippen LogP contribution in [0.1, 0.15) is 21.7 Å². The summed E-state index contributed by atoms with van der Waals surface area (Å²) >= 11 is 0. The van der Waals surface area contributed by atoms with Crippen molar-refractivity contribution in [2.75, 3.05) is 6.61 Å². The minimum Gasteiger partial charge on any atom is -0.394 e. The van der Waals surface area contributed by atoms with Gasteiger partial charge in [-0.05, 0) is 18.9 Å². The molecule has 0 saturated heterocycles. The highest BCUT2D eigenvalue weighted by Gasteiger charge is 2.18. The van der Waals surface area contributed by atoms with Crippen LogP contribution in [0.5, 0.6) is 0 Å². The summed E-state index contributed by atoms with van der Waals surface area (Å²) in [5, 5.41) is 15.6. The van der Waals surface area contributed by atoms with Crippen LogP contribution in [0.25, 0.3) is 0 Å². The first-order chi connectivity index (χ1) is 9.20. The second-order valence-electron chi connectivity index (χ2n) is 4.38. The zero-order valence-electron chi connectivity index (χ0n) is 10.7. The van der Waals surface area contributed by atoms with Crippen LogP contribution in [0.4, 0.5) is 0 Å². The van der Waals surface area contributed by atoms with E-state index in [-0.39, 0.29) is 24.3 Å². The quantitative estimate of drug-likeness (QED) is 0.850. The number of amides is 1. The molecule has 2 aromatic rings. The molecule has 2 N–H and O–H groups in total. The zero-order chi connectivity index (χ0) is 13.7. The molecule has 1 amide bonds. The van der Waals surface area contributed by atoms with Crippen LogP contribution in [0.2, 0.25) is 0 Å². The summed E-state index contributed by atoms with van der Waals surface area (Å²) in [5.41, 5.74) is 1.73. The van der Waals surface area contributed by atoms with Gasteiger partial charge >= 0.3 is 0 Å². The van der Waals surface area contributed by atoms with E-state index in [1.54, 1.807) is 6.92 Å². The molecule has 19 heavy (non-hydrogen) atoms. The van der Waals surface area contributed by atoms with Crippen LogP contribution in [-0.4, -0.2) is 28.8 Å². The normalized spacial score (nSPS) is 12.1. The van der Waals surface area contributed by atoms with Crippen molar-refractivity contribution in [3.05, 3.63) is 53.4 Å². The summed E-state index contributed by atoms with van der Waals surface area (Å²) in [6.07, 6.45) is 2.05. The van der Waals surface area contributed by atoms with E-state index in [0.717, 1.165) is 5.56 Å². The number of benzene rings is 1. The fraction of sp³-hybridized carbons (Fsp3) is 0.286. The molecule has 0 fully saturated rings. The molecule has 5 heteroatoms. The summed E-state index contributed by atoms with van der Waals surface area (Å²) in [7, 11) is 0. The fourth-order valence-electron chi connectivity index (χ4n) is 1.82. The lowest BCUT2D eigenvalue weighted by Crippen LogP contribution is -2.39. The van der Waals surface area contributed by atoms with Gasteiger partial charge in [-0.15, -0.1) is 0 Å². The Morgan fingerprint density at radius 2 is 2.16 bits per heavy atom. The van der Waals surface area contributed by atoms with E-state index in [9.17, 15) is 9.90 Å². The molecule has 100 valence electrons. The number of nitrogens with one attached hydrogen (secondary N) is 1. The highest BCUT2D eigenvalue weighted by molar-refractivity contribution is 5.92. The maximum Gasteiger partial charge on any atom is 0.290 e. The van der Waals surface area contributed by atoms with Gasteiger partial charge in [-0.1, -0.05) is 35.5 Å². The molecule has 0 spiro atoms. The van der Waals surface area contributed by atoms with Crippen molar-refractivity contribution < 1.29 is 14.4 Å². The minimum absolute atomic E-state index is 0.131. The van der Waals surface area contributed by atoms with E-state index in [4.69, 9.17) is 4.52 Å². The predicted molar refractivity (Wildman–Crippen MR) is 69.7 cm³/mol. The third-order valence-corrected chi connectivity index (χ3v) is 2.84. The molecule has 0 aliphatic heterocycles. The number of carbonyl (C=O) groups is 1. The molecule has 5 nitrogen and oxygen atoms in total. The summed E-state index contributed by atoms with van der Waals surface area (Å²) in [6.45, 7) is 1.62. The van der Waals surface area contributed by atoms with Crippen LogP contribution in [-0.2, 0) is 6.42 Å². The van der Waals surface area contributed by atoms with Crippen molar-refractivity contribution in [1.29, 1.82) is 0 Å². The maximum absolute atomic E-state index is 11.9. The molecule has 1 aromatic heterocycles. The first-order valence-electron chi connectivity index (χ1n) is 6.07. The van der Waals surface area contributed by atoms with E-state index in [2.05, 4.69) is 10.5 Å². The first-order valence-corrected chi connectivity index (χ1v) is 6.07. The van der Waals surface area contributed by atoms with Gasteiger partial charge in [0.05, 0.1) is 18.8 Å². The Kier molecular flexibility index (Phi) is 4.30. The van der Waals surface area contributed by atoms with Crippen LogP contribution in [0.15, 0.2) is 41.1 Å². The SMILES string of the molecule is Cc1cnoc1C(=O)N[C@@H](CO)Cc1ccccc1. The molecular formula is C14H16N2O3. The topological polar surface area (TPSA) is 75.4 Å². The smallest absolute Gasteiger partial charge is 0.290 e. The van der Waals surface area contributed by atoms with Gasteiger partial charge in [-0.25, -0.2) is 0 Å². The van der Waals surface area contributed by atoms with Gasteiger partial charge in [-0.3, -0.25) is 4.79 Å². The number of rotatable bonds is 5. The van der Waals surface area contributed by atoms with Gasteiger partial charge in [0.1, 0.15) is 0 Å². The van der Waals surface area contributed by atoms with Crippen LogP contribution in [0.3, 0.4) is 0 Å². The van der Waals surface area contributed by atoms with E-state index in [0.29, 0.717) is 12.0 Å². The third-order valence-electron chi connectivity index (χ3n) is 2.84. The Bertz CT molecular complexity index is 537. The highest BCUT2D eigenvalue weighted by atomic mass is 16.5. The molecule has 0 radical (unpaired) electrons. The fourth-order valence-corrected chi connectivity index (χ4v) is 1.82. The average molecular weight is 260 g/mol. The number of nitrogens with zero attached hydrogens (tertiary/aromatic N) is 1. The molecule has 0 bridgehead atoms. The molecule has 1 heterocycles. The van der Waals surface area contributed by atoms with Gasteiger partial charge in [0.2, 0.25) is 5.76 Å². The van der Waals surface area contributed by atoms with Gasteiger partial charge in [0, 0.05) is 5.56 Å². The second kappa shape index (κ2) is 6.15. The molecular weight excluding hydrogens is 244 g/mol. The number of aryl methyl sites for hydroxylation is 1. The monoisotopic (exact) mass is 260 g/mol. The maximum atomic E-state index is 11.9. The second-order valence-corrected chi connectivity index (χ2v) is 4.38. The van der Waals surface area contributed by atoms with E-state index < -0.39 is 0 Å². The minimum atomic E-state index is -0.356. The Morgan fingerprint density at radius 3 is 2.74 bits per heavy atom. The lowest BCUT2D eigenvalue weighted by atomic mass is 10.1. The number of hydrogen-bond donors (Lipinski definition) is 2. The largest absolute Gasteiger partial charge is 0.394 e. The van der Waals surface area contributed by atoms with Crippen molar-refractivity contribution in [2.45, 2.75) is 19.4 Å². The lowest BCUT2D eigenvalue weighted by Gasteiger charge is -2.15. The Balaban J connectivity index is 2.00. The average Bonchev–Trinajstić information content (AvgIpc) is 2.85. The molecule has 0 unspecified atom stereocenters. The molecule has 0 aliphatic rings. The third kappa shape index (κ3) is 3.42. The zero-order valence-corrected chi connectivity index (χ0v) is 10.7. The van der Waals surface area contributed by atoms with Gasteiger partial charge in [0.25, 0.3) is 5.91 Å². The standard InChI is InChI=1S/C14H16N2O3/c1-10-8-15-19-13(10)14(18)16-12(9-17)7-11-5-3-2-4-6-11/h2-6,8,12,17H,7,9H2,1H3,(H,16,18)/t12-/m1/s1. The van der Waals surface area contributed by atoms with Crippen molar-refractivity contribution in [3.8, 4) is 0 Å². The van der Waals surface area contributed by atoms with Crippen LogP contribution >= 0.6 is 0 Å². The first kappa shape index (κ1) is 13.3. The van der Waals surface area contributed by atoms with Gasteiger partial charge < -0.3 is 14.9 Å². The number of aliphatic hydroxyl groups excluding tert-OH is 1. The van der Waals surface area contributed by atoms with E-state index in [1.807, 2.05) is 30.3 Å². The van der Waals surface area contributed by atoms with Crippen LogP contribution < -0.4 is 5.32 Å². The van der Waals surface area contributed by atoms with Gasteiger partial charge in [-0.2, -0.15) is 0 Å². The van der Waals surface area contributed by atoms with Crippen LogP contribution in [0, 0.1) is 6.92 Å². The van der Waals surface area contributed by atoms with Crippen molar-refractivity contribution in [3.63, 3.8) is 0 Å². The molecule has 2 rings (SSSR count). The Hall–Kier alpha value is -2.14. The van der Waals surface area contributed by atoms with Crippen molar-refractivity contribution >= 4 is 5.91 Å². The summed E-state index contributed by atoms with van der Waals surface area (Å²) in [4.78, 5) is 11.9. The van der Waals surface area contributed by atoms with E-state index in [1.165, 1.54) is 6.20 Å². The molecule has 1 aromatic carbocycles. The van der Waals surface area contributed by atoms with Crippen molar-refractivity contribution in [2.24, 2.45) is 0 Å².